The Morgan fingerprint density at radius 1 is 0.491 bits per heavy atom. The molecule has 8 rings (SSSR count). The number of nitrogens with zero attached hydrogens (tertiary/aromatic N) is 10. The van der Waals surface area contributed by atoms with Crippen LogP contribution in [-0.4, -0.2) is 48.7 Å². The summed E-state index contributed by atoms with van der Waals surface area (Å²) in [5, 5.41) is 6.32. The molecule has 0 aliphatic carbocycles. The number of halogens is 10. The molecule has 0 fully saturated rings. The molecule has 57 heavy (non-hydrogen) atoms. The highest BCUT2D eigenvalue weighted by atomic mass is 35.5. The van der Waals surface area contributed by atoms with Crippen LogP contribution in [0.15, 0.2) is 110 Å². The minimum absolute atomic E-state index is 0.0375. The number of aromatic nitrogens is 10. The van der Waals surface area contributed by atoms with Crippen LogP contribution in [0.1, 0.15) is 17.0 Å². The van der Waals surface area contributed by atoms with E-state index in [1.54, 1.807) is 30.3 Å². The Hall–Kier alpha value is -6.90. The van der Waals surface area contributed by atoms with E-state index in [2.05, 4.69) is 50.5 Å². The van der Waals surface area contributed by atoms with Crippen molar-refractivity contribution in [3.05, 3.63) is 132 Å². The number of fused-ring (bicyclic) bond motifs is 2. The molecule has 0 saturated heterocycles. The predicted molar refractivity (Wildman–Crippen MR) is 187 cm³/mol. The number of imidazole rings is 2. The first kappa shape index (κ1) is 38.4. The van der Waals surface area contributed by atoms with E-state index in [4.69, 9.17) is 11.6 Å². The normalized spacial score (nSPS) is 12.0. The van der Waals surface area contributed by atoms with Crippen molar-refractivity contribution in [2.75, 3.05) is 10.6 Å². The lowest BCUT2D eigenvalue weighted by molar-refractivity contribution is -0.141. The highest BCUT2D eigenvalue weighted by molar-refractivity contribution is 6.30. The van der Waals surface area contributed by atoms with Gasteiger partial charge in [-0.05, 0) is 60.7 Å². The second kappa shape index (κ2) is 15.0. The molecule has 2 aromatic carbocycles. The largest absolute Gasteiger partial charge is 0.435 e. The van der Waals surface area contributed by atoms with Crippen molar-refractivity contribution in [1.29, 1.82) is 0 Å². The molecule has 0 atom stereocenters. The zero-order valence-electron chi connectivity index (χ0n) is 28.1. The summed E-state index contributed by atoms with van der Waals surface area (Å²) in [5.74, 6) is 0.0502. The number of hydrogen-bond acceptors (Lipinski definition) is 10. The van der Waals surface area contributed by atoms with E-state index in [0.29, 0.717) is 16.5 Å². The van der Waals surface area contributed by atoms with Gasteiger partial charge in [-0.1, -0.05) is 11.6 Å². The fourth-order valence-electron chi connectivity index (χ4n) is 5.29. The lowest BCUT2D eigenvalue weighted by Crippen LogP contribution is -2.09. The summed E-state index contributed by atoms with van der Waals surface area (Å²) in [5.41, 5.74) is -2.74. The molecule has 12 nitrogen and oxygen atoms in total. The average Bonchev–Trinajstić information content (AvgIpc) is 3.77. The Labute approximate surface area is 318 Å². The molecular formula is C35H20ClF9N12. The van der Waals surface area contributed by atoms with Crippen molar-refractivity contribution in [3.63, 3.8) is 0 Å². The predicted octanol–water partition coefficient (Wildman–Crippen LogP) is 9.57. The number of benzene rings is 2. The van der Waals surface area contributed by atoms with E-state index in [0.717, 1.165) is 16.5 Å². The van der Waals surface area contributed by atoms with Crippen molar-refractivity contribution in [1.82, 2.24) is 48.7 Å². The molecule has 0 unspecified atom stereocenters. The van der Waals surface area contributed by atoms with Gasteiger partial charge in [-0.3, -0.25) is 18.8 Å². The first-order valence-corrected chi connectivity index (χ1v) is 16.3. The smallest absolute Gasteiger partial charge is 0.340 e. The second-order valence-electron chi connectivity index (χ2n) is 11.6. The Bertz CT molecular complexity index is 2680. The number of anilines is 4. The third kappa shape index (κ3) is 8.52. The summed E-state index contributed by atoms with van der Waals surface area (Å²) in [6.45, 7) is 0. The fraction of sp³-hybridized carbons (Fsp3) is 0.0857. The minimum Gasteiger partial charge on any atom is -0.340 e. The van der Waals surface area contributed by atoms with Crippen molar-refractivity contribution in [2.24, 2.45) is 0 Å². The van der Waals surface area contributed by atoms with Gasteiger partial charge in [-0.15, -0.1) is 0 Å². The van der Waals surface area contributed by atoms with Gasteiger partial charge in [0.05, 0.1) is 18.0 Å². The molecule has 290 valence electrons. The van der Waals surface area contributed by atoms with Gasteiger partial charge in [0.25, 0.3) is 0 Å². The van der Waals surface area contributed by atoms with Gasteiger partial charge in [0, 0.05) is 53.6 Å². The number of alkyl halides is 9. The van der Waals surface area contributed by atoms with E-state index >= 15 is 0 Å². The number of rotatable bonds is 6. The lowest BCUT2D eigenvalue weighted by atomic mass is 10.2. The molecule has 0 amide bonds. The van der Waals surface area contributed by atoms with E-state index in [1.807, 2.05) is 0 Å². The molecule has 0 bridgehead atoms. The van der Waals surface area contributed by atoms with Crippen LogP contribution >= 0.6 is 11.6 Å². The molecule has 22 heteroatoms. The van der Waals surface area contributed by atoms with E-state index in [-0.39, 0.29) is 45.8 Å². The van der Waals surface area contributed by atoms with E-state index in [9.17, 15) is 39.5 Å². The maximum absolute atomic E-state index is 13.5. The Morgan fingerprint density at radius 2 is 0.912 bits per heavy atom. The molecule has 0 aliphatic heterocycles. The first-order valence-electron chi connectivity index (χ1n) is 16.0. The van der Waals surface area contributed by atoms with Gasteiger partial charge in [-0.2, -0.15) is 39.5 Å². The molecule has 2 N–H and O–H groups in total. The topological polar surface area (TPSA) is 136 Å². The third-order valence-corrected chi connectivity index (χ3v) is 7.99. The highest BCUT2D eigenvalue weighted by Gasteiger charge is 2.40. The van der Waals surface area contributed by atoms with Crippen LogP contribution in [0.4, 0.5) is 62.5 Å². The summed E-state index contributed by atoms with van der Waals surface area (Å²) < 4.78 is 121. The molecule has 8 aromatic rings. The van der Waals surface area contributed by atoms with Crippen LogP contribution in [0, 0.1) is 0 Å². The maximum Gasteiger partial charge on any atom is 0.435 e. The summed E-state index contributed by atoms with van der Waals surface area (Å²) in [4.78, 5) is 31.0. The Kier molecular flexibility index (Phi) is 10.1. The maximum atomic E-state index is 13.5. The lowest BCUT2D eigenvalue weighted by Gasteiger charge is -2.10. The van der Waals surface area contributed by atoms with Crippen LogP contribution < -0.4 is 10.6 Å². The summed E-state index contributed by atoms with van der Waals surface area (Å²) in [6.07, 6.45) is -3.54. The van der Waals surface area contributed by atoms with Crippen LogP contribution in [0.3, 0.4) is 0 Å². The minimum atomic E-state index is -4.76. The van der Waals surface area contributed by atoms with Crippen molar-refractivity contribution < 1.29 is 39.5 Å². The van der Waals surface area contributed by atoms with Gasteiger partial charge in [0.1, 0.15) is 23.0 Å². The van der Waals surface area contributed by atoms with E-state index < -0.39 is 35.5 Å². The molecular weight excluding hydrogens is 795 g/mol. The zero-order chi connectivity index (χ0) is 40.5. The molecule has 0 saturated carbocycles. The van der Waals surface area contributed by atoms with Crippen molar-refractivity contribution in [3.8, 4) is 23.0 Å². The van der Waals surface area contributed by atoms with Crippen molar-refractivity contribution >= 4 is 45.9 Å². The standard InChI is InChI=1S/C18H10F6N6.C17H10ClF3N6/c19-17(20,21)10-1-3-11(4-2-10)27-12-5-6-26-16(28-12)14-15(18(22,23)24)29-13-9-25-7-8-30(13)14;18-10-1-3-11(4-2-10)24-12-5-6-23-16(25-12)14-15(17(19,20)21)26-13-9-22-7-8-27(13)14/h1-9H,(H,26,27,28);1-9H,(H,23,24,25). The molecule has 6 aromatic heterocycles. The monoisotopic (exact) mass is 814 g/mol. The Balaban J connectivity index is 0.000000175. The van der Waals surface area contributed by atoms with Crippen LogP contribution in [0.5, 0.6) is 0 Å². The average molecular weight is 815 g/mol. The van der Waals surface area contributed by atoms with Crippen molar-refractivity contribution in [2.45, 2.75) is 18.5 Å². The van der Waals surface area contributed by atoms with Crippen LogP contribution in [0.2, 0.25) is 5.02 Å². The summed E-state index contributed by atoms with van der Waals surface area (Å²) in [7, 11) is 0. The number of hydrogen-bond donors (Lipinski definition) is 2. The molecule has 0 spiro atoms. The van der Waals surface area contributed by atoms with Gasteiger partial charge >= 0.3 is 18.5 Å². The van der Waals surface area contributed by atoms with Gasteiger partial charge in [0.2, 0.25) is 0 Å². The van der Waals surface area contributed by atoms with E-state index in [1.165, 1.54) is 72.2 Å². The van der Waals surface area contributed by atoms with Crippen LogP contribution in [0.25, 0.3) is 34.3 Å². The first-order chi connectivity index (χ1) is 27.0. The van der Waals surface area contributed by atoms with Gasteiger partial charge < -0.3 is 10.6 Å². The fourth-order valence-corrected chi connectivity index (χ4v) is 5.42. The van der Waals surface area contributed by atoms with Gasteiger partial charge in [-0.25, -0.2) is 29.9 Å². The summed E-state index contributed by atoms with van der Waals surface area (Å²) >= 11 is 5.85. The molecule has 0 radical (unpaired) electrons. The second-order valence-corrected chi connectivity index (χ2v) is 12.0. The molecule has 0 aliphatic rings. The Morgan fingerprint density at radius 3 is 1.32 bits per heavy atom. The molecule has 6 heterocycles. The third-order valence-electron chi connectivity index (χ3n) is 7.73. The quantitative estimate of drug-likeness (QED) is 0.156. The van der Waals surface area contributed by atoms with Gasteiger partial charge in [0.15, 0.2) is 34.3 Å². The summed E-state index contributed by atoms with van der Waals surface area (Å²) in [6, 6.07) is 13.9. The van der Waals surface area contributed by atoms with Crippen LogP contribution in [-0.2, 0) is 18.5 Å². The SMILES string of the molecule is FC(F)(F)c1ccc(Nc2ccnc(-c3c(C(F)(F)F)nc4cnccn34)n2)cc1.FC(F)(F)c1nc2cnccn2c1-c1nccc(Nc2ccc(Cl)cc2)n1. The highest BCUT2D eigenvalue weighted by Crippen LogP contribution is 2.38. The number of nitrogens with one attached hydrogen (secondary N) is 2. The zero-order valence-corrected chi connectivity index (χ0v) is 28.9.